The minimum absolute atomic E-state index is 0.0252. The van der Waals surface area contributed by atoms with Crippen LogP contribution in [0.3, 0.4) is 0 Å². The molecule has 2 aromatic rings. The molecule has 3 rings (SSSR count). The average Bonchev–Trinajstić information content (AvgIpc) is 2.62. The summed E-state index contributed by atoms with van der Waals surface area (Å²) in [5, 5.41) is 2.96. The zero-order valence-electron chi connectivity index (χ0n) is 14.1. The minimum atomic E-state index is -3.47. The number of fused-ring (bicyclic) bond motifs is 1. The van der Waals surface area contributed by atoms with Crippen LogP contribution in [0.1, 0.15) is 41.7 Å². The summed E-state index contributed by atoms with van der Waals surface area (Å²) in [7, 11) is -3.47. The largest absolute Gasteiger partial charge is 0.493 e. The van der Waals surface area contributed by atoms with Gasteiger partial charge in [0.15, 0.2) is 9.84 Å². The van der Waals surface area contributed by atoms with Crippen LogP contribution < -0.4 is 10.1 Å². The molecule has 25 heavy (non-hydrogen) atoms. The van der Waals surface area contributed by atoms with Gasteiger partial charge in [0, 0.05) is 12.0 Å². The van der Waals surface area contributed by atoms with E-state index in [9.17, 15) is 13.2 Å². The van der Waals surface area contributed by atoms with Gasteiger partial charge < -0.3 is 10.1 Å². The van der Waals surface area contributed by atoms with Crippen LogP contribution in [-0.4, -0.2) is 26.7 Å². The van der Waals surface area contributed by atoms with E-state index in [2.05, 4.69) is 5.32 Å². The Morgan fingerprint density at radius 1 is 1.16 bits per heavy atom. The summed E-state index contributed by atoms with van der Waals surface area (Å²) in [6.45, 7) is 2.32. The molecule has 1 aliphatic rings. The molecule has 132 valence electrons. The smallest absolute Gasteiger partial charge is 0.253 e. The molecule has 1 heterocycles. The Morgan fingerprint density at radius 3 is 2.68 bits per heavy atom. The van der Waals surface area contributed by atoms with Crippen molar-refractivity contribution in [2.45, 2.75) is 30.7 Å². The Balaban J connectivity index is 1.89. The van der Waals surface area contributed by atoms with Crippen molar-refractivity contribution >= 4 is 15.7 Å². The van der Waals surface area contributed by atoms with Gasteiger partial charge in [-0.15, -0.1) is 0 Å². The van der Waals surface area contributed by atoms with Crippen molar-refractivity contribution in [1.29, 1.82) is 0 Å². The summed E-state index contributed by atoms with van der Waals surface area (Å²) in [4.78, 5) is 12.9. The minimum Gasteiger partial charge on any atom is -0.493 e. The van der Waals surface area contributed by atoms with E-state index in [1.807, 2.05) is 24.3 Å². The predicted octanol–water partition coefficient (Wildman–Crippen LogP) is 3.12. The first-order valence-corrected chi connectivity index (χ1v) is 10.0. The average molecular weight is 359 g/mol. The van der Waals surface area contributed by atoms with E-state index in [-0.39, 0.29) is 28.2 Å². The summed E-state index contributed by atoms with van der Waals surface area (Å²) >= 11 is 0. The molecule has 1 atom stereocenters. The van der Waals surface area contributed by atoms with Gasteiger partial charge in [0.05, 0.1) is 28.9 Å². The van der Waals surface area contributed by atoms with Crippen molar-refractivity contribution in [2.75, 3.05) is 12.4 Å². The first-order valence-electron chi connectivity index (χ1n) is 8.37. The second kappa shape index (κ2) is 7.27. The highest BCUT2D eigenvalue weighted by Crippen LogP contribution is 2.32. The number of hydrogen-bond donors (Lipinski definition) is 1. The van der Waals surface area contributed by atoms with Gasteiger partial charge >= 0.3 is 0 Å². The highest BCUT2D eigenvalue weighted by molar-refractivity contribution is 7.91. The maximum absolute atomic E-state index is 12.8. The van der Waals surface area contributed by atoms with Gasteiger partial charge in [-0.1, -0.05) is 37.3 Å². The lowest BCUT2D eigenvalue weighted by Crippen LogP contribution is -2.33. The third-order valence-electron chi connectivity index (χ3n) is 4.20. The Bertz CT molecular complexity index is 876. The molecule has 0 unspecified atom stereocenters. The number of para-hydroxylation sites is 1. The standard InChI is InChI=1S/C19H21NO4S/c1-2-13-25(22,23)18-10-6-4-8-15(18)19(21)20-16-11-12-24-17-9-5-3-7-14(16)17/h3-10,16H,2,11-13H2,1H3,(H,20,21)/t16-/m0/s1. The van der Waals surface area contributed by atoms with E-state index < -0.39 is 9.84 Å². The van der Waals surface area contributed by atoms with Crippen molar-refractivity contribution in [3.05, 3.63) is 59.7 Å². The number of benzene rings is 2. The molecule has 0 fully saturated rings. The van der Waals surface area contributed by atoms with Crippen LogP contribution in [0.2, 0.25) is 0 Å². The van der Waals surface area contributed by atoms with E-state index in [1.165, 1.54) is 6.07 Å². The molecule has 1 amide bonds. The van der Waals surface area contributed by atoms with Crippen LogP contribution in [0.25, 0.3) is 0 Å². The zero-order chi connectivity index (χ0) is 17.9. The third-order valence-corrected chi connectivity index (χ3v) is 6.18. The molecule has 0 aromatic heterocycles. The number of rotatable bonds is 5. The first-order chi connectivity index (χ1) is 12.0. The fraction of sp³-hybridized carbons (Fsp3) is 0.316. The lowest BCUT2D eigenvalue weighted by Gasteiger charge is -2.26. The number of sulfone groups is 1. The maximum atomic E-state index is 12.8. The summed E-state index contributed by atoms with van der Waals surface area (Å²) in [5.74, 6) is 0.403. The molecule has 6 heteroatoms. The van der Waals surface area contributed by atoms with Crippen LogP contribution in [0, 0.1) is 0 Å². The number of nitrogens with one attached hydrogen (secondary N) is 1. The highest BCUT2D eigenvalue weighted by atomic mass is 32.2. The molecule has 2 aromatic carbocycles. The Labute approximate surface area is 147 Å². The predicted molar refractivity (Wildman–Crippen MR) is 95.5 cm³/mol. The molecular weight excluding hydrogens is 338 g/mol. The second-order valence-corrected chi connectivity index (χ2v) is 8.09. The molecule has 0 bridgehead atoms. The van der Waals surface area contributed by atoms with Crippen molar-refractivity contribution in [2.24, 2.45) is 0 Å². The lowest BCUT2D eigenvalue weighted by molar-refractivity contribution is 0.0921. The molecular formula is C19H21NO4S. The highest BCUT2D eigenvalue weighted by Gasteiger charge is 2.26. The Kier molecular flexibility index (Phi) is 5.08. The molecule has 0 spiro atoms. The number of ether oxygens (including phenoxy) is 1. The van der Waals surface area contributed by atoms with Gasteiger partial charge in [0.25, 0.3) is 5.91 Å². The molecule has 0 radical (unpaired) electrons. The monoisotopic (exact) mass is 359 g/mol. The second-order valence-electron chi connectivity index (χ2n) is 6.02. The lowest BCUT2D eigenvalue weighted by atomic mass is 10.00. The molecule has 0 saturated carbocycles. The van der Waals surface area contributed by atoms with Crippen LogP contribution in [0.4, 0.5) is 0 Å². The molecule has 0 aliphatic carbocycles. The fourth-order valence-electron chi connectivity index (χ4n) is 3.03. The zero-order valence-corrected chi connectivity index (χ0v) is 14.9. The number of amides is 1. The number of carbonyl (C=O) groups excluding carboxylic acids is 1. The van der Waals surface area contributed by atoms with Crippen molar-refractivity contribution < 1.29 is 17.9 Å². The van der Waals surface area contributed by atoms with Crippen molar-refractivity contribution in [3.8, 4) is 5.75 Å². The van der Waals surface area contributed by atoms with Gasteiger partial charge in [0.1, 0.15) is 5.75 Å². The first kappa shape index (κ1) is 17.5. The van der Waals surface area contributed by atoms with E-state index in [1.54, 1.807) is 25.1 Å². The number of hydrogen-bond acceptors (Lipinski definition) is 4. The third kappa shape index (κ3) is 3.69. The van der Waals surface area contributed by atoms with Crippen LogP contribution in [0.15, 0.2) is 53.4 Å². The van der Waals surface area contributed by atoms with Crippen molar-refractivity contribution in [1.82, 2.24) is 5.32 Å². The van der Waals surface area contributed by atoms with E-state index >= 15 is 0 Å². The summed E-state index contributed by atoms with van der Waals surface area (Å²) in [6.07, 6.45) is 1.15. The van der Waals surface area contributed by atoms with Crippen LogP contribution in [-0.2, 0) is 9.84 Å². The maximum Gasteiger partial charge on any atom is 0.253 e. The summed E-state index contributed by atoms with van der Waals surface area (Å²) in [5.41, 5.74) is 1.11. The van der Waals surface area contributed by atoms with E-state index in [0.717, 1.165) is 11.3 Å². The Hall–Kier alpha value is -2.34. The van der Waals surface area contributed by atoms with Crippen molar-refractivity contribution in [3.63, 3.8) is 0 Å². The normalized spacial score (nSPS) is 16.6. The molecule has 1 aliphatic heterocycles. The molecule has 1 N–H and O–H groups in total. The Morgan fingerprint density at radius 2 is 1.88 bits per heavy atom. The summed E-state index contributed by atoms with van der Waals surface area (Å²) < 4.78 is 30.5. The fourth-order valence-corrected chi connectivity index (χ4v) is 4.57. The van der Waals surface area contributed by atoms with Crippen LogP contribution >= 0.6 is 0 Å². The SMILES string of the molecule is CCCS(=O)(=O)c1ccccc1C(=O)N[C@H]1CCOc2ccccc21. The van der Waals surface area contributed by atoms with Gasteiger partial charge in [-0.05, 0) is 24.6 Å². The van der Waals surface area contributed by atoms with Gasteiger partial charge in [-0.3, -0.25) is 4.79 Å². The van der Waals surface area contributed by atoms with E-state index in [4.69, 9.17) is 4.74 Å². The van der Waals surface area contributed by atoms with Gasteiger partial charge in [0.2, 0.25) is 0 Å². The molecule has 0 saturated heterocycles. The topological polar surface area (TPSA) is 72.5 Å². The van der Waals surface area contributed by atoms with Gasteiger partial charge in [-0.25, -0.2) is 8.42 Å². The molecule has 5 nitrogen and oxygen atoms in total. The summed E-state index contributed by atoms with van der Waals surface area (Å²) in [6, 6.07) is 13.7. The quantitative estimate of drug-likeness (QED) is 0.890. The van der Waals surface area contributed by atoms with Crippen LogP contribution in [0.5, 0.6) is 5.75 Å². The van der Waals surface area contributed by atoms with E-state index in [0.29, 0.717) is 19.4 Å². The number of carbonyl (C=O) groups is 1. The van der Waals surface area contributed by atoms with Gasteiger partial charge in [-0.2, -0.15) is 0 Å².